The number of nitrogens with zero attached hydrogens (tertiary/aromatic N) is 1. The van der Waals surface area contributed by atoms with Crippen molar-refractivity contribution >= 4 is 16.7 Å². The number of aromatic amines is 1. The molecule has 3 rings (SSSR count). The minimum absolute atomic E-state index is 0.796. The van der Waals surface area contributed by atoms with Crippen molar-refractivity contribution in [3.05, 3.63) is 47.5 Å². The molecule has 90 valence electrons. The normalized spacial score (nSPS) is 11.0. The number of fused-ring (bicyclic) bond motifs is 1. The summed E-state index contributed by atoms with van der Waals surface area (Å²) in [5.41, 5.74) is 12.1. The summed E-state index contributed by atoms with van der Waals surface area (Å²) in [6, 6.07) is 12.1. The summed E-state index contributed by atoms with van der Waals surface area (Å²) in [5, 5.41) is 0. The molecule has 3 heteroatoms. The molecule has 0 amide bonds. The van der Waals surface area contributed by atoms with Crippen LogP contribution < -0.4 is 5.73 Å². The molecular formula is C15H15N3. The third kappa shape index (κ3) is 1.56. The number of aromatic nitrogens is 2. The second kappa shape index (κ2) is 3.88. The van der Waals surface area contributed by atoms with Crippen LogP contribution in [0.3, 0.4) is 0 Å². The average Bonchev–Trinajstić information content (AvgIpc) is 2.78. The predicted molar refractivity (Wildman–Crippen MR) is 75.4 cm³/mol. The molecule has 0 aliphatic carbocycles. The molecule has 3 aromatic rings. The van der Waals surface area contributed by atoms with Crippen molar-refractivity contribution in [2.24, 2.45) is 0 Å². The van der Waals surface area contributed by atoms with E-state index in [1.165, 1.54) is 5.56 Å². The summed E-state index contributed by atoms with van der Waals surface area (Å²) in [5.74, 6) is 0.879. The minimum atomic E-state index is 0.796. The van der Waals surface area contributed by atoms with Crippen molar-refractivity contribution in [2.75, 3.05) is 5.73 Å². The van der Waals surface area contributed by atoms with Gasteiger partial charge in [-0.25, -0.2) is 4.98 Å². The van der Waals surface area contributed by atoms with Crippen molar-refractivity contribution in [1.82, 2.24) is 9.97 Å². The van der Waals surface area contributed by atoms with Gasteiger partial charge in [0.15, 0.2) is 0 Å². The summed E-state index contributed by atoms with van der Waals surface area (Å²) in [6.45, 7) is 4.09. The lowest BCUT2D eigenvalue weighted by molar-refractivity contribution is 1.30. The maximum absolute atomic E-state index is 5.94. The lowest BCUT2D eigenvalue weighted by Gasteiger charge is -2.04. The number of H-pyrrole nitrogens is 1. The molecule has 0 atom stereocenters. The van der Waals surface area contributed by atoms with Gasteiger partial charge in [-0.05, 0) is 37.1 Å². The van der Waals surface area contributed by atoms with E-state index in [1.807, 2.05) is 37.3 Å². The second-order valence-electron chi connectivity index (χ2n) is 4.58. The number of nitrogen functional groups attached to an aromatic ring is 1. The fraction of sp³-hybridized carbons (Fsp3) is 0.133. The Morgan fingerprint density at radius 2 is 1.83 bits per heavy atom. The molecule has 0 saturated carbocycles. The smallest absolute Gasteiger partial charge is 0.138 e. The van der Waals surface area contributed by atoms with Crippen molar-refractivity contribution in [3.8, 4) is 11.4 Å². The Hall–Kier alpha value is -2.29. The maximum atomic E-state index is 5.94. The molecule has 18 heavy (non-hydrogen) atoms. The molecule has 0 saturated heterocycles. The van der Waals surface area contributed by atoms with E-state index in [-0.39, 0.29) is 0 Å². The van der Waals surface area contributed by atoms with Crippen LogP contribution in [0.4, 0.5) is 5.69 Å². The van der Waals surface area contributed by atoms with E-state index in [0.29, 0.717) is 0 Å². The van der Waals surface area contributed by atoms with Crippen molar-refractivity contribution < 1.29 is 0 Å². The third-order valence-electron chi connectivity index (χ3n) is 3.35. The van der Waals surface area contributed by atoms with Crippen molar-refractivity contribution in [2.45, 2.75) is 13.8 Å². The van der Waals surface area contributed by atoms with E-state index in [9.17, 15) is 0 Å². The van der Waals surface area contributed by atoms with E-state index >= 15 is 0 Å². The van der Waals surface area contributed by atoms with E-state index in [2.05, 4.69) is 23.0 Å². The Morgan fingerprint density at radius 1 is 1.06 bits per heavy atom. The SMILES string of the molecule is Cc1c(N)cccc1-c1nc2c(C)cccc2[nH]1. The van der Waals surface area contributed by atoms with Crippen LogP contribution >= 0.6 is 0 Å². The number of aryl methyl sites for hydroxylation is 1. The number of imidazole rings is 1. The van der Waals surface area contributed by atoms with Gasteiger partial charge in [0.2, 0.25) is 0 Å². The predicted octanol–water partition coefficient (Wildman–Crippen LogP) is 3.43. The van der Waals surface area contributed by atoms with Gasteiger partial charge >= 0.3 is 0 Å². The largest absolute Gasteiger partial charge is 0.398 e. The van der Waals surface area contributed by atoms with Gasteiger partial charge in [0.25, 0.3) is 0 Å². The zero-order valence-electron chi connectivity index (χ0n) is 10.5. The van der Waals surface area contributed by atoms with Gasteiger partial charge in [0.05, 0.1) is 11.0 Å². The van der Waals surface area contributed by atoms with Gasteiger partial charge in [-0.3, -0.25) is 0 Å². The van der Waals surface area contributed by atoms with Crippen LogP contribution in [0.2, 0.25) is 0 Å². The van der Waals surface area contributed by atoms with E-state index in [1.54, 1.807) is 0 Å². The van der Waals surface area contributed by atoms with E-state index < -0.39 is 0 Å². The molecule has 0 radical (unpaired) electrons. The van der Waals surface area contributed by atoms with Gasteiger partial charge in [-0.1, -0.05) is 24.3 Å². The lowest BCUT2D eigenvalue weighted by atomic mass is 10.1. The van der Waals surface area contributed by atoms with Gasteiger partial charge in [-0.15, -0.1) is 0 Å². The number of para-hydroxylation sites is 1. The quantitative estimate of drug-likeness (QED) is 0.637. The van der Waals surface area contributed by atoms with Crippen LogP contribution in [0.25, 0.3) is 22.4 Å². The highest BCUT2D eigenvalue weighted by atomic mass is 14.9. The highest BCUT2D eigenvalue weighted by molar-refractivity contribution is 5.83. The topological polar surface area (TPSA) is 54.7 Å². The Kier molecular flexibility index (Phi) is 2.33. The van der Waals surface area contributed by atoms with Crippen LogP contribution in [-0.4, -0.2) is 9.97 Å². The van der Waals surface area contributed by atoms with Gasteiger partial charge in [0, 0.05) is 11.3 Å². The maximum Gasteiger partial charge on any atom is 0.138 e. The van der Waals surface area contributed by atoms with Gasteiger partial charge in [-0.2, -0.15) is 0 Å². The zero-order chi connectivity index (χ0) is 12.7. The van der Waals surface area contributed by atoms with Crippen LogP contribution in [-0.2, 0) is 0 Å². The summed E-state index contributed by atoms with van der Waals surface area (Å²) >= 11 is 0. The molecule has 1 aromatic heterocycles. The highest BCUT2D eigenvalue weighted by Crippen LogP contribution is 2.27. The Labute approximate surface area is 106 Å². The van der Waals surface area contributed by atoms with E-state index in [4.69, 9.17) is 5.73 Å². The molecule has 3 nitrogen and oxygen atoms in total. The zero-order valence-corrected chi connectivity index (χ0v) is 10.5. The van der Waals surface area contributed by atoms with E-state index in [0.717, 1.165) is 33.7 Å². The first-order chi connectivity index (χ1) is 8.66. The first-order valence-electron chi connectivity index (χ1n) is 5.97. The highest BCUT2D eigenvalue weighted by Gasteiger charge is 2.09. The van der Waals surface area contributed by atoms with Crippen LogP contribution in [0.15, 0.2) is 36.4 Å². The molecule has 0 fully saturated rings. The fourth-order valence-electron chi connectivity index (χ4n) is 2.21. The van der Waals surface area contributed by atoms with Crippen molar-refractivity contribution in [1.29, 1.82) is 0 Å². The number of hydrogen-bond acceptors (Lipinski definition) is 2. The monoisotopic (exact) mass is 237 g/mol. The molecular weight excluding hydrogens is 222 g/mol. The number of benzene rings is 2. The number of hydrogen-bond donors (Lipinski definition) is 2. The van der Waals surface area contributed by atoms with Crippen LogP contribution in [0.1, 0.15) is 11.1 Å². The number of nitrogens with two attached hydrogens (primary N) is 1. The number of rotatable bonds is 1. The van der Waals surface area contributed by atoms with Crippen LogP contribution in [0.5, 0.6) is 0 Å². The van der Waals surface area contributed by atoms with Crippen molar-refractivity contribution in [3.63, 3.8) is 0 Å². The molecule has 0 bridgehead atoms. The average molecular weight is 237 g/mol. The summed E-state index contributed by atoms with van der Waals surface area (Å²) in [7, 11) is 0. The molecule has 3 N–H and O–H groups in total. The molecule has 1 heterocycles. The summed E-state index contributed by atoms with van der Waals surface area (Å²) in [4.78, 5) is 8.03. The van der Waals surface area contributed by atoms with Crippen LogP contribution in [0, 0.1) is 13.8 Å². The third-order valence-corrected chi connectivity index (χ3v) is 3.35. The molecule has 2 aromatic carbocycles. The Balaban J connectivity index is 2.26. The number of anilines is 1. The first kappa shape index (κ1) is 10.8. The summed E-state index contributed by atoms with van der Waals surface area (Å²) < 4.78 is 0. The second-order valence-corrected chi connectivity index (χ2v) is 4.58. The van der Waals surface area contributed by atoms with Gasteiger partial charge < -0.3 is 10.7 Å². The first-order valence-corrected chi connectivity index (χ1v) is 5.97. The number of nitrogens with one attached hydrogen (secondary N) is 1. The summed E-state index contributed by atoms with van der Waals surface area (Å²) in [6.07, 6.45) is 0. The molecule has 0 aliphatic heterocycles. The lowest BCUT2D eigenvalue weighted by Crippen LogP contribution is -1.92. The Bertz CT molecular complexity index is 726. The standard InChI is InChI=1S/C15H15N3/c1-9-5-3-8-13-14(9)18-15(17-13)11-6-4-7-12(16)10(11)2/h3-8H,16H2,1-2H3,(H,17,18). The molecule has 0 aliphatic rings. The van der Waals surface area contributed by atoms with Gasteiger partial charge in [0.1, 0.15) is 5.82 Å². The minimum Gasteiger partial charge on any atom is -0.398 e. The molecule has 0 spiro atoms. The molecule has 0 unspecified atom stereocenters. The fourth-order valence-corrected chi connectivity index (χ4v) is 2.21. The Morgan fingerprint density at radius 3 is 2.61 bits per heavy atom.